The number of nitrogens with zero attached hydrogens (tertiary/aromatic N) is 1. The summed E-state index contributed by atoms with van der Waals surface area (Å²) >= 11 is 0. The first kappa shape index (κ1) is 15.9. The minimum absolute atomic E-state index is 0.807. The van der Waals surface area contributed by atoms with Gasteiger partial charge < -0.3 is 0 Å². The van der Waals surface area contributed by atoms with Crippen molar-refractivity contribution in [2.75, 3.05) is 6.26 Å². The second-order valence-corrected chi connectivity index (χ2v) is 8.52. The van der Waals surface area contributed by atoms with Crippen LogP contribution < -0.4 is 0 Å². The van der Waals surface area contributed by atoms with Crippen molar-refractivity contribution in [1.29, 1.82) is 0 Å². The van der Waals surface area contributed by atoms with Gasteiger partial charge in [0.2, 0.25) is 0 Å². The van der Waals surface area contributed by atoms with Crippen molar-refractivity contribution in [3.05, 3.63) is 101 Å². The molecule has 3 aromatic carbocycles. The third-order valence-electron chi connectivity index (χ3n) is 4.50. The summed E-state index contributed by atoms with van der Waals surface area (Å²) in [4.78, 5) is 0.825. The topological polar surface area (TPSA) is 29.4 Å². The first-order valence-electron chi connectivity index (χ1n) is 8.25. The second kappa shape index (κ2) is 6.01. The van der Waals surface area contributed by atoms with Crippen LogP contribution in [0.25, 0.3) is 11.3 Å². The van der Waals surface area contributed by atoms with Crippen molar-refractivity contribution in [2.24, 2.45) is 4.36 Å². The van der Waals surface area contributed by atoms with Crippen molar-refractivity contribution >= 4 is 21.0 Å². The standard InChI is InChI=1S/C22H19NOS/c1-16-10-9-15-19-20(16)21(17-11-5-3-6-12-17)22(23-25(19,2)24)18-13-7-4-8-14-18/h3-15H,1-2H3. The lowest BCUT2D eigenvalue weighted by atomic mass is 9.90. The molecule has 0 aromatic heterocycles. The van der Waals surface area contributed by atoms with Crippen LogP contribution in [0, 0.1) is 6.92 Å². The fourth-order valence-electron chi connectivity index (χ4n) is 3.34. The minimum Gasteiger partial charge on any atom is -0.245 e. The van der Waals surface area contributed by atoms with Gasteiger partial charge in [0.1, 0.15) is 0 Å². The monoisotopic (exact) mass is 345 g/mol. The zero-order valence-corrected chi connectivity index (χ0v) is 15.1. The fourth-order valence-corrected chi connectivity index (χ4v) is 4.96. The molecular weight excluding hydrogens is 326 g/mol. The molecule has 3 heteroatoms. The molecule has 0 fully saturated rings. The Bertz CT molecular complexity index is 1090. The highest BCUT2D eigenvalue weighted by Crippen LogP contribution is 2.42. The molecule has 124 valence electrons. The molecule has 1 unspecified atom stereocenters. The van der Waals surface area contributed by atoms with E-state index in [1.165, 1.54) is 0 Å². The zero-order chi connectivity index (χ0) is 17.4. The van der Waals surface area contributed by atoms with Crippen molar-refractivity contribution in [2.45, 2.75) is 11.8 Å². The quantitative estimate of drug-likeness (QED) is 0.613. The van der Waals surface area contributed by atoms with Crippen molar-refractivity contribution in [3.63, 3.8) is 0 Å². The molecule has 2 nitrogen and oxygen atoms in total. The van der Waals surface area contributed by atoms with Crippen molar-refractivity contribution in [1.82, 2.24) is 0 Å². The summed E-state index contributed by atoms with van der Waals surface area (Å²) in [6.45, 7) is 2.07. The van der Waals surface area contributed by atoms with Crippen molar-refractivity contribution in [3.8, 4) is 0 Å². The van der Waals surface area contributed by atoms with E-state index in [0.29, 0.717) is 0 Å². The van der Waals surface area contributed by atoms with Crippen LogP contribution in [-0.2, 0) is 9.73 Å². The van der Waals surface area contributed by atoms with Gasteiger partial charge in [0, 0.05) is 23.0 Å². The van der Waals surface area contributed by atoms with Gasteiger partial charge in [-0.25, -0.2) is 4.21 Å². The number of fused-ring (bicyclic) bond motifs is 1. The maximum absolute atomic E-state index is 13.3. The van der Waals surface area contributed by atoms with Gasteiger partial charge in [-0.15, -0.1) is 0 Å². The second-order valence-electron chi connectivity index (χ2n) is 6.30. The number of benzene rings is 3. The number of hydrogen-bond donors (Lipinski definition) is 0. The van der Waals surface area contributed by atoms with E-state index in [2.05, 4.69) is 25.1 Å². The van der Waals surface area contributed by atoms with Crippen LogP contribution in [-0.4, -0.2) is 10.5 Å². The maximum atomic E-state index is 13.3. The van der Waals surface area contributed by atoms with E-state index in [4.69, 9.17) is 4.36 Å². The van der Waals surface area contributed by atoms with Crippen LogP contribution >= 0.6 is 0 Å². The fraction of sp³-hybridized carbons (Fsp3) is 0.0909. The van der Waals surface area contributed by atoms with E-state index in [1.54, 1.807) is 6.26 Å². The first-order chi connectivity index (χ1) is 12.1. The summed E-state index contributed by atoms with van der Waals surface area (Å²) in [5.74, 6) is 0. The first-order valence-corrected chi connectivity index (χ1v) is 10.2. The Labute approximate surface area is 149 Å². The summed E-state index contributed by atoms with van der Waals surface area (Å²) in [5.41, 5.74) is 6.12. The Morgan fingerprint density at radius 1 is 0.760 bits per heavy atom. The molecule has 3 aromatic rings. The Kier molecular flexibility index (Phi) is 3.81. The molecular formula is C22H19NOS. The number of rotatable bonds is 2. The van der Waals surface area contributed by atoms with E-state index in [0.717, 1.165) is 38.4 Å². The van der Waals surface area contributed by atoms with Crippen molar-refractivity contribution < 1.29 is 4.21 Å². The van der Waals surface area contributed by atoms with Gasteiger partial charge in [0.25, 0.3) is 0 Å². The Morgan fingerprint density at radius 3 is 2.00 bits per heavy atom. The molecule has 0 radical (unpaired) electrons. The molecule has 0 N–H and O–H groups in total. The normalized spacial score (nSPS) is 19.3. The lowest BCUT2D eigenvalue weighted by molar-refractivity contribution is 0.680. The van der Waals surface area contributed by atoms with Gasteiger partial charge in [-0.2, -0.15) is 4.36 Å². The highest BCUT2D eigenvalue weighted by Gasteiger charge is 2.27. The smallest absolute Gasteiger partial charge is 0.0890 e. The van der Waals surface area contributed by atoms with Gasteiger partial charge >= 0.3 is 0 Å². The molecule has 1 aliphatic heterocycles. The van der Waals surface area contributed by atoms with Gasteiger partial charge in [-0.05, 0) is 24.1 Å². The predicted octanol–water partition coefficient (Wildman–Crippen LogP) is 5.38. The van der Waals surface area contributed by atoms with Crippen LogP contribution in [0.5, 0.6) is 0 Å². The van der Waals surface area contributed by atoms with E-state index >= 15 is 0 Å². The van der Waals surface area contributed by atoms with Gasteiger partial charge in [-0.1, -0.05) is 72.8 Å². The molecule has 0 saturated carbocycles. The largest absolute Gasteiger partial charge is 0.245 e. The number of aryl methyl sites for hydroxylation is 1. The molecule has 1 heterocycles. The average Bonchev–Trinajstić information content (AvgIpc) is 2.63. The summed E-state index contributed by atoms with van der Waals surface area (Å²) < 4.78 is 18.1. The summed E-state index contributed by atoms with van der Waals surface area (Å²) in [6, 6.07) is 26.2. The molecule has 4 rings (SSSR count). The molecule has 0 saturated heterocycles. The van der Waals surface area contributed by atoms with Crippen LogP contribution in [0.4, 0.5) is 0 Å². The molecule has 0 amide bonds. The zero-order valence-electron chi connectivity index (χ0n) is 14.3. The lowest BCUT2D eigenvalue weighted by Crippen LogP contribution is -2.11. The van der Waals surface area contributed by atoms with E-state index < -0.39 is 9.73 Å². The third-order valence-corrected chi connectivity index (χ3v) is 6.19. The molecule has 0 aliphatic carbocycles. The maximum Gasteiger partial charge on any atom is 0.0890 e. The summed E-state index contributed by atoms with van der Waals surface area (Å²) in [7, 11) is -2.49. The third kappa shape index (κ3) is 2.71. The highest BCUT2D eigenvalue weighted by atomic mass is 32.2. The van der Waals surface area contributed by atoms with E-state index in [9.17, 15) is 4.21 Å². The molecule has 25 heavy (non-hydrogen) atoms. The van der Waals surface area contributed by atoms with Crippen LogP contribution in [0.1, 0.15) is 22.3 Å². The molecule has 1 atom stereocenters. The van der Waals surface area contributed by atoms with Gasteiger partial charge in [0.15, 0.2) is 0 Å². The Morgan fingerprint density at radius 2 is 1.36 bits per heavy atom. The van der Waals surface area contributed by atoms with E-state index in [-0.39, 0.29) is 0 Å². The summed E-state index contributed by atoms with van der Waals surface area (Å²) in [5, 5.41) is 0. The van der Waals surface area contributed by atoms with Crippen LogP contribution in [0.2, 0.25) is 0 Å². The highest BCUT2D eigenvalue weighted by molar-refractivity contribution is 7.93. The minimum atomic E-state index is -2.49. The Hall–Kier alpha value is -2.65. The lowest BCUT2D eigenvalue weighted by Gasteiger charge is -2.24. The van der Waals surface area contributed by atoms with Crippen LogP contribution in [0.3, 0.4) is 0 Å². The van der Waals surface area contributed by atoms with Crippen LogP contribution in [0.15, 0.2) is 88.1 Å². The number of hydrogen-bond acceptors (Lipinski definition) is 2. The summed E-state index contributed by atoms with van der Waals surface area (Å²) in [6.07, 6.45) is 1.73. The molecule has 1 aliphatic rings. The average molecular weight is 345 g/mol. The predicted molar refractivity (Wildman–Crippen MR) is 105 cm³/mol. The molecule has 0 spiro atoms. The van der Waals surface area contributed by atoms with E-state index in [1.807, 2.05) is 60.7 Å². The van der Waals surface area contributed by atoms with Gasteiger partial charge in [-0.3, -0.25) is 0 Å². The molecule has 0 bridgehead atoms. The Balaban J connectivity index is 2.18. The van der Waals surface area contributed by atoms with Gasteiger partial charge in [0.05, 0.1) is 20.3 Å². The SMILES string of the molecule is Cc1cccc2c1C(c1ccccc1)=C(c1ccccc1)N=S2(C)=O.